The highest BCUT2D eigenvalue weighted by Crippen LogP contribution is 2.40. The van der Waals surface area contributed by atoms with Crippen molar-refractivity contribution in [2.24, 2.45) is 5.92 Å². The Labute approximate surface area is 218 Å². The van der Waals surface area contributed by atoms with Crippen LogP contribution in [0.2, 0.25) is 0 Å². The third kappa shape index (κ3) is 47.5. The predicted molar refractivity (Wildman–Crippen MR) is 149 cm³/mol. The lowest BCUT2D eigenvalue weighted by atomic mass is 10.2. The fraction of sp³-hybridized carbons (Fsp3) is 0.950. The summed E-state index contributed by atoms with van der Waals surface area (Å²) in [4.78, 5) is 13.8. The van der Waals surface area contributed by atoms with Crippen LogP contribution in [0, 0.1) is 5.92 Å². The zero-order chi connectivity index (χ0) is 29.6. The molecule has 0 saturated heterocycles. The van der Waals surface area contributed by atoms with Gasteiger partial charge in [0.25, 0.3) is 11.3 Å². The number of hydroxylamine groups is 2. The SMILES string of the molecule is CCC(C)C.CN(C)C(=O)N(C)C.CN(C)OS(=O)N(C)C.COP(C)(=O)OC.COP(C)(C)=O. The first kappa shape index (κ1) is 44.6. The second-order valence-corrected chi connectivity index (χ2v) is 14.8. The molecule has 218 valence electrons. The Morgan fingerprint density at radius 2 is 1.09 bits per heavy atom. The first-order chi connectivity index (χ1) is 15.5. The normalized spacial score (nSPS) is 11.5. The van der Waals surface area contributed by atoms with Crippen LogP contribution in [0.5, 0.6) is 0 Å². The molecule has 0 aliphatic rings. The molecule has 1 unspecified atom stereocenters. The summed E-state index contributed by atoms with van der Waals surface area (Å²) in [5.74, 6) is 0.884. The van der Waals surface area contributed by atoms with Crippen LogP contribution >= 0.6 is 15.0 Å². The van der Waals surface area contributed by atoms with E-state index in [0.717, 1.165) is 5.92 Å². The van der Waals surface area contributed by atoms with Crippen LogP contribution in [0.3, 0.4) is 0 Å². The summed E-state index contributed by atoms with van der Waals surface area (Å²) >= 11 is -1.34. The summed E-state index contributed by atoms with van der Waals surface area (Å²) in [6.45, 7) is 11.2. The molecule has 0 spiro atoms. The summed E-state index contributed by atoms with van der Waals surface area (Å²) in [6, 6.07) is 0.0185. The molecule has 0 fully saturated rings. The zero-order valence-corrected chi connectivity index (χ0v) is 27.7. The minimum absolute atomic E-state index is 0.0185. The van der Waals surface area contributed by atoms with E-state index in [4.69, 9.17) is 4.28 Å². The molecule has 0 N–H and O–H groups in total. The molecule has 0 saturated carbocycles. The topological polar surface area (TPSA) is 118 Å². The van der Waals surface area contributed by atoms with Crippen molar-refractivity contribution in [3.05, 3.63) is 0 Å². The average Bonchev–Trinajstić information content (AvgIpc) is 2.73. The van der Waals surface area contributed by atoms with E-state index in [-0.39, 0.29) is 6.03 Å². The van der Waals surface area contributed by atoms with Gasteiger partial charge in [-0.3, -0.25) is 9.13 Å². The van der Waals surface area contributed by atoms with E-state index in [1.54, 1.807) is 69.7 Å². The number of amides is 2. The van der Waals surface area contributed by atoms with Gasteiger partial charge in [-0.05, 0) is 5.92 Å². The van der Waals surface area contributed by atoms with Crippen molar-refractivity contribution in [2.45, 2.75) is 27.2 Å². The molecule has 0 heterocycles. The minimum Gasteiger partial charge on any atom is -0.332 e. The summed E-state index contributed by atoms with van der Waals surface area (Å²) in [5, 5.41) is 1.40. The molecule has 35 heavy (non-hydrogen) atoms. The number of hydrogen-bond donors (Lipinski definition) is 0. The van der Waals surface area contributed by atoms with Crippen LogP contribution < -0.4 is 0 Å². The van der Waals surface area contributed by atoms with E-state index in [9.17, 15) is 18.1 Å². The molecular weight excluding hydrogens is 518 g/mol. The third-order valence-corrected chi connectivity index (χ3v) is 6.42. The lowest BCUT2D eigenvalue weighted by Crippen LogP contribution is -2.33. The van der Waals surface area contributed by atoms with Crippen LogP contribution in [-0.4, -0.2) is 127 Å². The van der Waals surface area contributed by atoms with E-state index in [1.807, 2.05) is 0 Å². The van der Waals surface area contributed by atoms with E-state index in [0.29, 0.717) is 0 Å². The summed E-state index contributed by atoms with van der Waals surface area (Å²) in [6.07, 6.45) is 1.31. The lowest BCUT2D eigenvalue weighted by Gasteiger charge is -2.16. The van der Waals surface area contributed by atoms with Gasteiger partial charge in [0.05, 0.1) is 0 Å². The van der Waals surface area contributed by atoms with E-state index < -0.39 is 26.2 Å². The van der Waals surface area contributed by atoms with E-state index >= 15 is 0 Å². The molecule has 0 aromatic rings. The molecule has 0 aliphatic carbocycles. The van der Waals surface area contributed by atoms with Gasteiger partial charge in [-0.2, -0.15) is 9.35 Å². The molecule has 1 atom stereocenters. The molecule has 15 heteroatoms. The maximum Gasteiger partial charge on any atom is 0.327 e. The second-order valence-electron chi connectivity index (χ2n) is 8.36. The van der Waals surface area contributed by atoms with E-state index in [1.165, 1.54) is 53.6 Å². The maximum atomic E-state index is 10.7. The van der Waals surface area contributed by atoms with E-state index in [2.05, 4.69) is 34.3 Å². The predicted octanol–water partition coefficient (Wildman–Crippen LogP) is 4.17. The molecule has 2 amide bonds. The zero-order valence-electron chi connectivity index (χ0n) is 25.1. The van der Waals surface area contributed by atoms with Crippen LogP contribution in [0.1, 0.15) is 27.2 Å². The third-order valence-electron chi connectivity index (χ3n) is 3.20. The first-order valence-electron chi connectivity index (χ1n) is 10.7. The van der Waals surface area contributed by atoms with Gasteiger partial charge in [-0.15, -0.1) is 0 Å². The first-order valence-corrected chi connectivity index (χ1v) is 16.2. The van der Waals surface area contributed by atoms with Gasteiger partial charge in [0.15, 0.2) is 7.37 Å². The molecule has 0 bridgehead atoms. The largest absolute Gasteiger partial charge is 0.332 e. The van der Waals surface area contributed by atoms with Crippen LogP contribution in [0.25, 0.3) is 0 Å². The quantitative estimate of drug-likeness (QED) is 0.327. The van der Waals surface area contributed by atoms with Crippen molar-refractivity contribution in [3.63, 3.8) is 0 Å². The van der Waals surface area contributed by atoms with Crippen LogP contribution in [0.4, 0.5) is 4.79 Å². The van der Waals surface area contributed by atoms with Crippen molar-refractivity contribution in [1.82, 2.24) is 19.2 Å². The van der Waals surface area contributed by atoms with Gasteiger partial charge >= 0.3 is 13.6 Å². The molecule has 0 rings (SSSR count). The molecule has 12 nitrogen and oxygen atoms in total. The van der Waals surface area contributed by atoms with Gasteiger partial charge in [-0.1, -0.05) is 27.2 Å². The highest BCUT2D eigenvalue weighted by Gasteiger charge is 2.09. The summed E-state index contributed by atoms with van der Waals surface area (Å²) in [5.41, 5.74) is 0. The average molecular weight is 573 g/mol. The Morgan fingerprint density at radius 1 is 0.800 bits per heavy atom. The molecular formula is C20H54N4O8P2S. The Bertz CT molecular complexity index is 598. The molecule has 0 radical (unpaired) electrons. The Hall–Kier alpha value is -0.360. The molecule has 0 aliphatic heterocycles. The highest BCUT2D eigenvalue weighted by molar-refractivity contribution is 7.77. The monoisotopic (exact) mass is 572 g/mol. The number of carbonyl (C=O) groups excluding carboxylic acids is 1. The Balaban J connectivity index is -0.000000109. The Kier molecular flexibility index (Phi) is 32.2. The summed E-state index contributed by atoms with van der Waals surface area (Å²) in [7, 11) is 13.0. The minimum atomic E-state index is -2.65. The molecule has 0 aromatic carbocycles. The standard InChI is InChI=1S/C5H12N2O.C5H12.C4H12N2O2S.C3H9O3P.C3H9O2P/c1-6(2)5(8)7(3)4;1-4-5(2)3;1-5(2)8-9(7)6(3)4;1-5-7(3,4)6-2;1-5-6(2,3)4/h1-4H3;5H,4H2,1-3H3;1-4H3;1-3H3;1-3H3. The van der Waals surface area contributed by atoms with Gasteiger partial charge in [0.2, 0.25) is 0 Å². The number of urea groups is 1. The van der Waals surface area contributed by atoms with Crippen LogP contribution in [-0.2, 0) is 38.3 Å². The fourth-order valence-corrected chi connectivity index (χ4v) is 1.21. The van der Waals surface area contributed by atoms with Crippen molar-refractivity contribution in [3.8, 4) is 0 Å². The summed E-state index contributed by atoms with van der Waals surface area (Å²) < 4.78 is 51.1. The van der Waals surface area contributed by atoms with Crippen molar-refractivity contribution in [2.75, 3.05) is 97.7 Å². The number of nitrogens with zero attached hydrogens (tertiary/aromatic N) is 4. The lowest BCUT2D eigenvalue weighted by molar-refractivity contribution is 0.00774. The van der Waals surface area contributed by atoms with Crippen LogP contribution in [0.15, 0.2) is 0 Å². The van der Waals surface area contributed by atoms with Crippen molar-refractivity contribution in [1.29, 1.82) is 0 Å². The highest BCUT2D eigenvalue weighted by atomic mass is 32.2. The van der Waals surface area contributed by atoms with Gasteiger partial charge in [0.1, 0.15) is 0 Å². The second kappa shape index (κ2) is 25.3. The number of hydrogen-bond acceptors (Lipinski definition) is 9. The fourth-order valence-electron chi connectivity index (χ4n) is 0.669. The van der Waals surface area contributed by atoms with Crippen molar-refractivity contribution < 1.29 is 36.0 Å². The van der Waals surface area contributed by atoms with Crippen molar-refractivity contribution >= 4 is 32.3 Å². The van der Waals surface area contributed by atoms with Gasteiger partial charge in [-0.25, -0.2) is 13.3 Å². The number of carbonyl (C=O) groups is 1. The smallest absolute Gasteiger partial charge is 0.327 e. The Morgan fingerprint density at radius 3 is 1.11 bits per heavy atom. The van der Waals surface area contributed by atoms with Gasteiger partial charge in [0, 0.05) is 97.7 Å². The van der Waals surface area contributed by atoms with Gasteiger partial charge < -0.3 is 23.4 Å². The maximum absolute atomic E-state index is 10.7. The molecule has 0 aromatic heterocycles. The number of rotatable bonds is 7.